The number of hydrogen-bond acceptors (Lipinski definition) is 3. The number of ether oxygens (including phenoxy) is 1. The minimum absolute atomic E-state index is 0.0813. The Morgan fingerprint density at radius 1 is 1.53 bits per heavy atom. The van der Waals surface area contributed by atoms with Crippen molar-refractivity contribution in [1.29, 1.82) is 0 Å². The van der Waals surface area contributed by atoms with E-state index in [9.17, 15) is 4.79 Å². The molecule has 1 fully saturated rings. The summed E-state index contributed by atoms with van der Waals surface area (Å²) < 4.78 is 5.33. The van der Waals surface area contributed by atoms with Gasteiger partial charge in [0.15, 0.2) is 0 Å². The van der Waals surface area contributed by atoms with Gasteiger partial charge in [-0.05, 0) is 36.8 Å². The van der Waals surface area contributed by atoms with Crippen molar-refractivity contribution in [2.45, 2.75) is 26.2 Å². The van der Waals surface area contributed by atoms with Gasteiger partial charge in [-0.15, -0.1) is 0 Å². The lowest BCUT2D eigenvalue weighted by Gasteiger charge is -2.26. The van der Waals surface area contributed by atoms with Gasteiger partial charge in [0.1, 0.15) is 0 Å². The SMILES string of the molecule is CC(C(=O)NCCc1cccnc1)C1CCOCC1. The number of nitrogens with one attached hydrogen (secondary N) is 1. The van der Waals surface area contributed by atoms with E-state index < -0.39 is 0 Å². The molecule has 0 radical (unpaired) electrons. The second kappa shape index (κ2) is 7.24. The molecule has 1 atom stereocenters. The van der Waals surface area contributed by atoms with Gasteiger partial charge in [-0.1, -0.05) is 13.0 Å². The first-order valence-corrected chi connectivity index (χ1v) is 7.01. The van der Waals surface area contributed by atoms with E-state index in [0.717, 1.165) is 38.0 Å². The Morgan fingerprint density at radius 2 is 2.32 bits per heavy atom. The predicted octanol–water partition coefficient (Wildman–Crippen LogP) is 1.80. The molecule has 1 N–H and O–H groups in total. The third-order valence-corrected chi connectivity index (χ3v) is 3.82. The fourth-order valence-corrected chi connectivity index (χ4v) is 2.47. The number of pyridine rings is 1. The van der Waals surface area contributed by atoms with E-state index >= 15 is 0 Å². The number of rotatable bonds is 5. The van der Waals surface area contributed by atoms with E-state index in [0.29, 0.717) is 12.5 Å². The summed E-state index contributed by atoms with van der Waals surface area (Å²) in [6.07, 6.45) is 6.43. The minimum atomic E-state index is 0.0813. The highest BCUT2D eigenvalue weighted by Crippen LogP contribution is 2.23. The number of carbonyl (C=O) groups excluding carboxylic acids is 1. The summed E-state index contributed by atoms with van der Waals surface area (Å²) in [6.45, 7) is 4.28. The van der Waals surface area contributed by atoms with Gasteiger partial charge in [-0.2, -0.15) is 0 Å². The summed E-state index contributed by atoms with van der Waals surface area (Å²) in [4.78, 5) is 16.1. The fourth-order valence-electron chi connectivity index (χ4n) is 2.47. The molecule has 4 heteroatoms. The molecule has 0 aromatic carbocycles. The molecule has 1 amide bonds. The first-order valence-electron chi connectivity index (χ1n) is 7.01. The van der Waals surface area contributed by atoms with Gasteiger partial charge in [0.2, 0.25) is 5.91 Å². The van der Waals surface area contributed by atoms with Gasteiger partial charge in [0.05, 0.1) is 0 Å². The van der Waals surface area contributed by atoms with Crippen LogP contribution in [0.4, 0.5) is 0 Å². The molecule has 0 spiro atoms. The van der Waals surface area contributed by atoms with Gasteiger partial charge >= 0.3 is 0 Å². The first kappa shape index (κ1) is 14.0. The molecule has 1 aliphatic heterocycles. The Hall–Kier alpha value is -1.42. The van der Waals surface area contributed by atoms with Crippen LogP contribution in [-0.4, -0.2) is 30.6 Å². The smallest absolute Gasteiger partial charge is 0.223 e. The number of hydrogen-bond donors (Lipinski definition) is 1. The number of nitrogens with zero attached hydrogens (tertiary/aromatic N) is 1. The van der Waals surface area contributed by atoms with Crippen LogP contribution in [0.15, 0.2) is 24.5 Å². The molecule has 4 nitrogen and oxygen atoms in total. The highest BCUT2D eigenvalue weighted by molar-refractivity contribution is 5.78. The monoisotopic (exact) mass is 262 g/mol. The van der Waals surface area contributed by atoms with Crippen molar-refractivity contribution in [2.75, 3.05) is 19.8 Å². The average Bonchev–Trinajstić information content (AvgIpc) is 2.48. The topological polar surface area (TPSA) is 51.2 Å². The molecule has 1 aliphatic rings. The average molecular weight is 262 g/mol. The van der Waals surface area contributed by atoms with Gasteiger partial charge in [0, 0.05) is 38.1 Å². The molecule has 0 bridgehead atoms. The van der Waals surface area contributed by atoms with Crippen molar-refractivity contribution >= 4 is 5.91 Å². The normalized spacial score (nSPS) is 17.9. The van der Waals surface area contributed by atoms with Crippen LogP contribution in [0.25, 0.3) is 0 Å². The molecular formula is C15H22N2O2. The van der Waals surface area contributed by atoms with E-state index in [2.05, 4.69) is 10.3 Å². The molecule has 1 saturated heterocycles. The maximum atomic E-state index is 12.1. The Kier molecular flexibility index (Phi) is 5.33. The van der Waals surface area contributed by atoms with Crippen LogP contribution in [0.3, 0.4) is 0 Å². The number of carbonyl (C=O) groups is 1. The molecule has 1 aromatic rings. The maximum Gasteiger partial charge on any atom is 0.223 e. The van der Waals surface area contributed by atoms with Gasteiger partial charge in [0.25, 0.3) is 0 Å². The second-order valence-corrected chi connectivity index (χ2v) is 5.14. The Morgan fingerprint density at radius 3 is 3.00 bits per heavy atom. The van der Waals surface area contributed by atoms with Gasteiger partial charge in [-0.25, -0.2) is 0 Å². The van der Waals surface area contributed by atoms with Crippen molar-refractivity contribution in [3.05, 3.63) is 30.1 Å². The molecule has 0 aliphatic carbocycles. The summed E-state index contributed by atoms with van der Waals surface area (Å²) in [6, 6.07) is 3.95. The van der Waals surface area contributed by atoms with Crippen LogP contribution in [0, 0.1) is 11.8 Å². The van der Waals surface area contributed by atoms with E-state index in [1.807, 2.05) is 25.3 Å². The van der Waals surface area contributed by atoms with Crippen LogP contribution in [0.2, 0.25) is 0 Å². The quantitative estimate of drug-likeness (QED) is 0.880. The van der Waals surface area contributed by atoms with Crippen LogP contribution < -0.4 is 5.32 Å². The van der Waals surface area contributed by atoms with E-state index in [1.54, 1.807) is 6.20 Å². The standard InChI is InChI=1S/C15H22N2O2/c1-12(14-5-9-19-10-6-14)15(18)17-8-4-13-3-2-7-16-11-13/h2-3,7,11-12,14H,4-6,8-10H2,1H3,(H,17,18). The number of aromatic nitrogens is 1. The van der Waals surface area contributed by atoms with Crippen LogP contribution >= 0.6 is 0 Å². The van der Waals surface area contributed by atoms with E-state index in [-0.39, 0.29) is 11.8 Å². The Balaban J connectivity index is 1.71. The summed E-state index contributed by atoms with van der Waals surface area (Å²) >= 11 is 0. The Bertz CT molecular complexity index is 388. The third-order valence-electron chi connectivity index (χ3n) is 3.82. The van der Waals surface area contributed by atoms with Crippen LogP contribution in [-0.2, 0) is 16.0 Å². The zero-order valence-electron chi connectivity index (χ0n) is 11.5. The largest absolute Gasteiger partial charge is 0.381 e. The Labute approximate surface area is 114 Å². The summed E-state index contributed by atoms with van der Waals surface area (Å²) in [5.74, 6) is 0.709. The lowest BCUT2D eigenvalue weighted by molar-refractivity contribution is -0.127. The van der Waals surface area contributed by atoms with Crippen molar-refractivity contribution in [1.82, 2.24) is 10.3 Å². The lowest BCUT2D eigenvalue weighted by atomic mass is 9.87. The number of amides is 1. The highest BCUT2D eigenvalue weighted by Gasteiger charge is 2.25. The summed E-state index contributed by atoms with van der Waals surface area (Å²) in [5, 5.41) is 3.02. The molecule has 1 aromatic heterocycles. The fraction of sp³-hybridized carbons (Fsp3) is 0.600. The summed E-state index contributed by atoms with van der Waals surface area (Å²) in [7, 11) is 0. The molecular weight excluding hydrogens is 240 g/mol. The van der Waals surface area contributed by atoms with Crippen molar-refractivity contribution in [2.24, 2.45) is 11.8 Å². The zero-order chi connectivity index (χ0) is 13.5. The highest BCUT2D eigenvalue weighted by atomic mass is 16.5. The third kappa shape index (κ3) is 4.31. The predicted molar refractivity (Wildman–Crippen MR) is 73.7 cm³/mol. The van der Waals surface area contributed by atoms with Crippen LogP contribution in [0.1, 0.15) is 25.3 Å². The molecule has 19 heavy (non-hydrogen) atoms. The van der Waals surface area contributed by atoms with Crippen molar-refractivity contribution in [3.63, 3.8) is 0 Å². The second-order valence-electron chi connectivity index (χ2n) is 5.14. The van der Waals surface area contributed by atoms with Gasteiger partial charge < -0.3 is 10.1 Å². The molecule has 0 saturated carbocycles. The maximum absolute atomic E-state index is 12.1. The van der Waals surface area contributed by atoms with E-state index in [1.165, 1.54) is 0 Å². The van der Waals surface area contributed by atoms with Crippen LogP contribution in [0.5, 0.6) is 0 Å². The minimum Gasteiger partial charge on any atom is -0.381 e. The van der Waals surface area contributed by atoms with Crippen molar-refractivity contribution < 1.29 is 9.53 Å². The zero-order valence-corrected chi connectivity index (χ0v) is 11.5. The molecule has 2 rings (SSSR count). The molecule has 1 unspecified atom stereocenters. The van der Waals surface area contributed by atoms with Crippen molar-refractivity contribution in [3.8, 4) is 0 Å². The van der Waals surface area contributed by atoms with E-state index in [4.69, 9.17) is 4.74 Å². The van der Waals surface area contributed by atoms with Gasteiger partial charge in [-0.3, -0.25) is 9.78 Å². The first-order chi connectivity index (χ1) is 9.27. The molecule has 2 heterocycles. The molecule has 104 valence electrons. The lowest BCUT2D eigenvalue weighted by Crippen LogP contribution is -2.36. The summed E-state index contributed by atoms with van der Waals surface area (Å²) in [5.41, 5.74) is 1.15.